The molecule has 2 aromatic rings. The minimum absolute atomic E-state index is 0.230. The van der Waals surface area contributed by atoms with E-state index in [0.29, 0.717) is 0 Å². The number of sulfonamides is 1. The molecule has 0 unspecified atom stereocenters. The summed E-state index contributed by atoms with van der Waals surface area (Å²) >= 11 is 0. The summed E-state index contributed by atoms with van der Waals surface area (Å²) in [5.74, 6) is 0. The molecular formula is C11H10N2O4S. The van der Waals surface area contributed by atoms with Gasteiger partial charge in [-0.3, -0.25) is 9.59 Å². The molecule has 0 spiro atoms. The summed E-state index contributed by atoms with van der Waals surface area (Å²) in [5.41, 5.74) is -1.29. The summed E-state index contributed by atoms with van der Waals surface area (Å²) < 4.78 is 22.2. The molecule has 0 heterocycles. The minimum atomic E-state index is -4.15. The zero-order valence-corrected chi connectivity index (χ0v) is 10.0. The van der Waals surface area contributed by atoms with E-state index in [1.165, 1.54) is 0 Å². The Kier molecular flexibility index (Phi) is 3.02. The van der Waals surface area contributed by atoms with E-state index in [2.05, 4.69) is 5.32 Å². The number of anilines is 1. The third-order valence-corrected chi connectivity index (χ3v) is 3.42. The first-order valence-corrected chi connectivity index (χ1v) is 6.60. The molecule has 0 saturated heterocycles. The summed E-state index contributed by atoms with van der Waals surface area (Å²) in [6.07, 6.45) is 0. The molecule has 0 aromatic heterocycles. The molecule has 0 fully saturated rings. The van der Waals surface area contributed by atoms with Crippen molar-refractivity contribution in [3.8, 4) is 0 Å². The van der Waals surface area contributed by atoms with Crippen molar-refractivity contribution in [2.75, 3.05) is 5.32 Å². The summed E-state index contributed by atoms with van der Waals surface area (Å²) in [6, 6.07) is 9.04. The van der Waals surface area contributed by atoms with Gasteiger partial charge in [0, 0.05) is 6.54 Å². The second kappa shape index (κ2) is 4.35. The molecule has 0 aliphatic carbocycles. The van der Waals surface area contributed by atoms with Gasteiger partial charge in [-0.05, 0) is 5.56 Å². The van der Waals surface area contributed by atoms with Crippen molar-refractivity contribution in [1.29, 1.82) is 0 Å². The van der Waals surface area contributed by atoms with Crippen molar-refractivity contribution >= 4 is 15.7 Å². The van der Waals surface area contributed by atoms with Gasteiger partial charge in [0.2, 0.25) is 15.5 Å². The average Bonchev–Trinajstić information content (AvgIpc) is 2.33. The van der Waals surface area contributed by atoms with Crippen LogP contribution in [0.3, 0.4) is 0 Å². The number of benzene rings is 1. The van der Waals surface area contributed by atoms with Crippen LogP contribution in [0.25, 0.3) is 0 Å². The lowest BCUT2D eigenvalue weighted by molar-refractivity contribution is 0.596. The molecule has 6 nitrogen and oxygen atoms in total. The molecule has 0 amide bonds. The number of hydrogen-bond acceptors (Lipinski definition) is 5. The molecule has 0 atom stereocenters. The molecule has 0 bridgehead atoms. The normalized spacial score (nSPS) is 11.6. The molecule has 18 heavy (non-hydrogen) atoms. The summed E-state index contributed by atoms with van der Waals surface area (Å²) in [6.45, 7) is 0.244. The number of nitrogens with one attached hydrogen (secondary N) is 1. The van der Waals surface area contributed by atoms with Crippen LogP contribution in [0.1, 0.15) is 5.56 Å². The van der Waals surface area contributed by atoms with Crippen LogP contribution in [0.15, 0.2) is 44.8 Å². The van der Waals surface area contributed by atoms with Gasteiger partial charge < -0.3 is 5.32 Å². The highest BCUT2D eigenvalue weighted by Crippen LogP contribution is 2.14. The van der Waals surface area contributed by atoms with Gasteiger partial charge in [-0.15, -0.1) is 0 Å². The largest absolute Gasteiger partial charge is 0.376 e. The zero-order valence-electron chi connectivity index (χ0n) is 9.21. The Morgan fingerprint density at radius 2 is 1.67 bits per heavy atom. The van der Waals surface area contributed by atoms with Gasteiger partial charge >= 0.3 is 0 Å². The number of nitrogens with two attached hydrogens (primary N) is 1. The van der Waals surface area contributed by atoms with Gasteiger partial charge in [0.15, 0.2) is 4.90 Å². The molecule has 0 aliphatic rings. The van der Waals surface area contributed by atoms with Gasteiger partial charge in [-0.2, -0.15) is 0 Å². The smallest absolute Gasteiger partial charge is 0.251 e. The summed E-state index contributed by atoms with van der Waals surface area (Å²) in [4.78, 5) is 21.7. The predicted molar refractivity (Wildman–Crippen MR) is 66.5 cm³/mol. The first-order chi connectivity index (χ1) is 8.41. The van der Waals surface area contributed by atoms with E-state index in [4.69, 9.17) is 5.14 Å². The van der Waals surface area contributed by atoms with Crippen LogP contribution >= 0.6 is 0 Å². The van der Waals surface area contributed by atoms with Crippen LogP contribution in [0.5, 0.6) is 0 Å². The third-order valence-electron chi connectivity index (χ3n) is 2.46. The van der Waals surface area contributed by atoms with Crippen molar-refractivity contribution in [2.45, 2.75) is 11.4 Å². The number of rotatable bonds is 4. The van der Waals surface area contributed by atoms with Crippen LogP contribution < -0.4 is 21.3 Å². The molecule has 2 rings (SSSR count). The second-order valence-corrected chi connectivity index (χ2v) is 5.24. The molecule has 0 radical (unpaired) electrons. The Balaban J connectivity index is 2.25. The van der Waals surface area contributed by atoms with E-state index in [-0.39, 0.29) is 12.2 Å². The standard InChI is InChI=1S/C11H10N2O4S/c12-18(16,17)11-8(9(14)10(11)15)13-6-7-4-2-1-3-5-7/h1-5,13H,6H2,(H2,12,16,17). The highest BCUT2D eigenvalue weighted by atomic mass is 32.2. The maximum absolute atomic E-state index is 11.2. The first-order valence-electron chi connectivity index (χ1n) is 5.05. The topological polar surface area (TPSA) is 106 Å². The van der Waals surface area contributed by atoms with Gasteiger partial charge in [0.25, 0.3) is 5.43 Å². The fourth-order valence-corrected chi connectivity index (χ4v) is 2.39. The second-order valence-electron chi connectivity index (χ2n) is 3.75. The highest BCUT2D eigenvalue weighted by molar-refractivity contribution is 7.89. The number of hydrogen-bond donors (Lipinski definition) is 2. The fourth-order valence-electron chi connectivity index (χ4n) is 1.59. The van der Waals surface area contributed by atoms with E-state index in [0.717, 1.165) is 5.56 Å². The Labute approximate surface area is 103 Å². The maximum Gasteiger partial charge on any atom is 0.251 e. The molecule has 94 valence electrons. The Morgan fingerprint density at radius 3 is 2.22 bits per heavy atom. The average molecular weight is 266 g/mol. The van der Waals surface area contributed by atoms with E-state index in [1.807, 2.05) is 6.07 Å². The zero-order chi connectivity index (χ0) is 13.3. The first kappa shape index (κ1) is 12.5. The molecule has 2 aromatic carbocycles. The van der Waals surface area contributed by atoms with Crippen molar-refractivity contribution in [2.24, 2.45) is 5.14 Å². The van der Waals surface area contributed by atoms with Crippen molar-refractivity contribution in [3.05, 3.63) is 56.3 Å². The van der Waals surface area contributed by atoms with Gasteiger partial charge in [0.05, 0.1) is 0 Å². The quantitative estimate of drug-likeness (QED) is 0.728. The fraction of sp³-hybridized carbons (Fsp3) is 0.0909. The summed E-state index contributed by atoms with van der Waals surface area (Å²) in [5, 5.41) is 7.48. The van der Waals surface area contributed by atoms with Gasteiger partial charge in [-0.25, -0.2) is 13.6 Å². The minimum Gasteiger partial charge on any atom is -0.376 e. The van der Waals surface area contributed by atoms with Gasteiger partial charge in [0.1, 0.15) is 5.69 Å². The molecule has 0 aliphatic heterocycles. The lowest BCUT2D eigenvalue weighted by atomic mass is 10.2. The van der Waals surface area contributed by atoms with Crippen LogP contribution in [0, 0.1) is 0 Å². The molecule has 7 heteroatoms. The monoisotopic (exact) mass is 266 g/mol. The lowest BCUT2D eigenvalue weighted by Crippen LogP contribution is -2.41. The van der Waals surface area contributed by atoms with Gasteiger partial charge in [-0.1, -0.05) is 30.3 Å². The Hall–Kier alpha value is -1.99. The maximum atomic E-state index is 11.2. The number of primary sulfonamides is 1. The van der Waals surface area contributed by atoms with E-state index < -0.39 is 25.8 Å². The van der Waals surface area contributed by atoms with Crippen LogP contribution in [0.4, 0.5) is 5.69 Å². The Morgan fingerprint density at radius 1 is 1.06 bits per heavy atom. The van der Waals surface area contributed by atoms with E-state index >= 15 is 0 Å². The highest BCUT2D eigenvalue weighted by Gasteiger charge is 2.28. The van der Waals surface area contributed by atoms with Crippen molar-refractivity contribution in [3.63, 3.8) is 0 Å². The van der Waals surface area contributed by atoms with Crippen LogP contribution in [-0.4, -0.2) is 8.42 Å². The lowest BCUT2D eigenvalue weighted by Gasteiger charge is -2.11. The van der Waals surface area contributed by atoms with Crippen molar-refractivity contribution in [1.82, 2.24) is 0 Å². The Bertz CT molecular complexity index is 743. The molecule has 0 saturated carbocycles. The predicted octanol–water partition coefficient (Wildman–Crippen LogP) is -0.458. The molecule has 3 N–H and O–H groups in total. The summed E-state index contributed by atoms with van der Waals surface area (Å²) in [7, 11) is -4.15. The van der Waals surface area contributed by atoms with Crippen molar-refractivity contribution < 1.29 is 8.42 Å². The van der Waals surface area contributed by atoms with E-state index in [1.54, 1.807) is 24.3 Å². The van der Waals surface area contributed by atoms with Crippen LogP contribution in [0.2, 0.25) is 0 Å². The third kappa shape index (κ3) is 2.18. The van der Waals surface area contributed by atoms with Crippen LogP contribution in [-0.2, 0) is 16.6 Å². The molecular weight excluding hydrogens is 256 g/mol. The van der Waals surface area contributed by atoms with E-state index in [9.17, 15) is 18.0 Å². The SMILES string of the molecule is NS(=O)(=O)c1c(NCc2ccccc2)c(=O)c1=O.